The van der Waals surface area contributed by atoms with Crippen molar-refractivity contribution in [1.82, 2.24) is 0 Å². The van der Waals surface area contributed by atoms with Gasteiger partial charge in [-0.05, 0) is 13.0 Å². The van der Waals surface area contributed by atoms with Gasteiger partial charge in [0.1, 0.15) is 11.5 Å². The standard InChI is InChI=1S/C18H16O3/c1-12(19)11-15-14-9-5-6-10-16(14)21-18(15)17(20)13-7-3-2-4-8-13/h2-10,15,18H,11H2,1H3/t15-,18-/m1/s1. The summed E-state index contributed by atoms with van der Waals surface area (Å²) in [5, 5.41) is 0. The van der Waals surface area contributed by atoms with E-state index in [0.29, 0.717) is 17.7 Å². The minimum Gasteiger partial charge on any atom is -0.481 e. The molecule has 0 saturated carbocycles. The number of fused-ring (bicyclic) bond motifs is 1. The first-order valence-corrected chi connectivity index (χ1v) is 7.01. The summed E-state index contributed by atoms with van der Waals surface area (Å²) in [6.45, 7) is 1.55. The van der Waals surface area contributed by atoms with E-state index in [1.165, 1.54) is 0 Å². The van der Waals surface area contributed by atoms with Crippen LogP contribution in [0.2, 0.25) is 0 Å². The van der Waals surface area contributed by atoms with E-state index in [1.807, 2.05) is 42.5 Å². The van der Waals surface area contributed by atoms with E-state index in [9.17, 15) is 9.59 Å². The number of ether oxygens (including phenoxy) is 1. The van der Waals surface area contributed by atoms with E-state index in [1.54, 1.807) is 19.1 Å². The fraction of sp³-hybridized carbons (Fsp3) is 0.222. The Bertz CT molecular complexity index is 676. The van der Waals surface area contributed by atoms with Gasteiger partial charge in [-0.1, -0.05) is 48.5 Å². The number of Topliss-reactive ketones (excluding diaryl/α,β-unsaturated/α-hetero) is 2. The molecular formula is C18H16O3. The third kappa shape index (κ3) is 2.59. The molecule has 3 rings (SSSR count). The lowest BCUT2D eigenvalue weighted by Crippen LogP contribution is -2.30. The summed E-state index contributed by atoms with van der Waals surface area (Å²) in [5.74, 6) is 0.494. The number of hydrogen-bond donors (Lipinski definition) is 0. The van der Waals surface area contributed by atoms with Crippen LogP contribution in [0.1, 0.15) is 35.2 Å². The minimum absolute atomic E-state index is 0.0613. The summed E-state index contributed by atoms with van der Waals surface area (Å²) in [6.07, 6.45) is -0.297. The SMILES string of the molecule is CC(=O)C[C@@H]1c2ccccc2O[C@H]1C(=O)c1ccccc1. The predicted molar refractivity (Wildman–Crippen MR) is 79.7 cm³/mol. The molecule has 0 bridgehead atoms. The molecule has 0 unspecified atom stereocenters. The molecule has 0 N–H and O–H groups in total. The largest absolute Gasteiger partial charge is 0.481 e. The average molecular weight is 280 g/mol. The van der Waals surface area contributed by atoms with Crippen LogP contribution < -0.4 is 4.74 Å². The Labute approximate surface area is 123 Å². The molecule has 0 radical (unpaired) electrons. The lowest BCUT2D eigenvalue weighted by molar-refractivity contribution is -0.117. The van der Waals surface area contributed by atoms with Gasteiger partial charge in [-0.3, -0.25) is 4.79 Å². The molecule has 2 aromatic rings. The van der Waals surface area contributed by atoms with Crippen LogP contribution in [-0.4, -0.2) is 17.7 Å². The molecule has 0 aliphatic carbocycles. The summed E-state index contributed by atoms with van der Waals surface area (Å²) in [4.78, 5) is 24.2. The topological polar surface area (TPSA) is 43.4 Å². The number of carbonyl (C=O) groups is 2. The van der Waals surface area contributed by atoms with E-state index in [4.69, 9.17) is 4.74 Å². The van der Waals surface area contributed by atoms with Gasteiger partial charge < -0.3 is 9.53 Å². The normalized spacial score (nSPS) is 19.7. The van der Waals surface area contributed by atoms with Crippen molar-refractivity contribution in [1.29, 1.82) is 0 Å². The van der Waals surface area contributed by atoms with Gasteiger partial charge in [0.05, 0.1) is 0 Å². The maximum Gasteiger partial charge on any atom is 0.203 e. The zero-order valence-corrected chi connectivity index (χ0v) is 11.8. The molecule has 0 aromatic heterocycles. The zero-order valence-electron chi connectivity index (χ0n) is 11.8. The van der Waals surface area contributed by atoms with Gasteiger partial charge in [0.25, 0.3) is 0 Å². The summed E-state index contributed by atoms with van der Waals surface area (Å²) in [7, 11) is 0. The maximum absolute atomic E-state index is 12.7. The fourth-order valence-corrected chi connectivity index (χ4v) is 2.81. The molecule has 0 spiro atoms. The molecule has 0 fully saturated rings. The number of hydrogen-bond acceptors (Lipinski definition) is 3. The third-order valence-corrected chi connectivity index (χ3v) is 3.76. The van der Waals surface area contributed by atoms with Gasteiger partial charge in [0, 0.05) is 23.5 Å². The second kappa shape index (κ2) is 5.52. The minimum atomic E-state index is -0.617. The van der Waals surface area contributed by atoms with Crippen LogP contribution in [-0.2, 0) is 4.79 Å². The maximum atomic E-state index is 12.7. The molecule has 21 heavy (non-hydrogen) atoms. The zero-order chi connectivity index (χ0) is 14.8. The van der Waals surface area contributed by atoms with E-state index in [-0.39, 0.29) is 17.5 Å². The Morgan fingerprint density at radius 3 is 2.38 bits per heavy atom. The first-order chi connectivity index (χ1) is 10.2. The van der Waals surface area contributed by atoms with E-state index in [2.05, 4.69) is 0 Å². The number of para-hydroxylation sites is 1. The molecule has 1 aliphatic rings. The van der Waals surface area contributed by atoms with Gasteiger partial charge in [0.15, 0.2) is 6.10 Å². The van der Waals surface area contributed by atoms with Gasteiger partial charge in [0.2, 0.25) is 5.78 Å². The quantitative estimate of drug-likeness (QED) is 0.806. The Morgan fingerprint density at radius 2 is 1.67 bits per heavy atom. The molecule has 1 heterocycles. The van der Waals surface area contributed by atoms with E-state index >= 15 is 0 Å². The van der Waals surface area contributed by atoms with Crippen molar-refractivity contribution in [3.8, 4) is 5.75 Å². The molecule has 1 aliphatic heterocycles. The van der Waals surface area contributed by atoms with Crippen molar-refractivity contribution in [2.24, 2.45) is 0 Å². The number of benzene rings is 2. The molecule has 2 aromatic carbocycles. The van der Waals surface area contributed by atoms with Gasteiger partial charge in [-0.2, -0.15) is 0 Å². The second-order valence-corrected chi connectivity index (χ2v) is 5.32. The first-order valence-electron chi connectivity index (χ1n) is 7.01. The molecule has 106 valence electrons. The number of ketones is 2. The molecule has 0 amide bonds. The highest BCUT2D eigenvalue weighted by Crippen LogP contribution is 2.41. The number of rotatable bonds is 4. The van der Waals surface area contributed by atoms with E-state index < -0.39 is 6.10 Å². The van der Waals surface area contributed by atoms with Crippen LogP contribution in [0, 0.1) is 0 Å². The molecular weight excluding hydrogens is 264 g/mol. The van der Waals surface area contributed by atoms with Gasteiger partial charge in [-0.15, -0.1) is 0 Å². The Kier molecular flexibility index (Phi) is 3.57. The van der Waals surface area contributed by atoms with Crippen molar-refractivity contribution in [3.05, 3.63) is 65.7 Å². The fourth-order valence-electron chi connectivity index (χ4n) is 2.81. The summed E-state index contributed by atoms with van der Waals surface area (Å²) >= 11 is 0. The third-order valence-electron chi connectivity index (χ3n) is 3.76. The number of carbonyl (C=O) groups excluding carboxylic acids is 2. The highest BCUT2D eigenvalue weighted by atomic mass is 16.5. The van der Waals surface area contributed by atoms with Crippen LogP contribution >= 0.6 is 0 Å². The Hall–Kier alpha value is -2.42. The highest BCUT2D eigenvalue weighted by Gasteiger charge is 2.39. The van der Waals surface area contributed by atoms with Crippen LogP contribution in [0.5, 0.6) is 5.75 Å². The molecule has 3 nitrogen and oxygen atoms in total. The highest BCUT2D eigenvalue weighted by molar-refractivity contribution is 6.01. The van der Waals surface area contributed by atoms with Crippen LogP contribution in [0.4, 0.5) is 0 Å². The van der Waals surface area contributed by atoms with Crippen LogP contribution in [0.15, 0.2) is 54.6 Å². The molecule has 0 saturated heterocycles. The molecule has 3 heteroatoms. The van der Waals surface area contributed by atoms with Crippen LogP contribution in [0.3, 0.4) is 0 Å². The smallest absolute Gasteiger partial charge is 0.203 e. The van der Waals surface area contributed by atoms with Crippen molar-refractivity contribution in [2.45, 2.75) is 25.4 Å². The summed E-state index contributed by atoms with van der Waals surface area (Å²) in [6, 6.07) is 16.6. The lowest BCUT2D eigenvalue weighted by Gasteiger charge is -2.17. The first kappa shape index (κ1) is 13.6. The monoisotopic (exact) mass is 280 g/mol. The summed E-state index contributed by atoms with van der Waals surface area (Å²) < 4.78 is 5.83. The van der Waals surface area contributed by atoms with Crippen molar-refractivity contribution in [2.75, 3.05) is 0 Å². The van der Waals surface area contributed by atoms with Crippen molar-refractivity contribution < 1.29 is 14.3 Å². The predicted octanol–water partition coefficient (Wildman–Crippen LogP) is 3.39. The Balaban J connectivity index is 1.95. The van der Waals surface area contributed by atoms with E-state index in [0.717, 1.165) is 5.56 Å². The summed E-state index contributed by atoms with van der Waals surface area (Å²) in [5.41, 5.74) is 1.56. The second-order valence-electron chi connectivity index (χ2n) is 5.32. The van der Waals surface area contributed by atoms with Gasteiger partial charge >= 0.3 is 0 Å². The molecule has 2 atom stereocenters. The van der Waals surface area contributed by atoms with Crippen molar-refractivity contribution >= 4 is 11.6 Å². The van der Waals surface area contributed by atoms with Crippen molar-refractivity contribution in [3.63, 3.8) is 0 Å². The average Bonchev–Trinajstić information content (AvgIpc) is 2.86. The lowest BCUT2D eigenvalue weighted by atomic mass is 9.87. The van der Waals surface area contributed by atoms with Gasteiger partial charge in [-0.25, -0.2) is 0 Å². The van der Waals surface area contributed by atoms with Crippen LogP contribution in [0.25, 0.3) is 0 Å². The Morgan fingerprint density at radius 1 is 1.00 bits per heavy atom.